The van der Waals surface area contributed by atoms with Crippen LogP contribution in [0.2, 0.25) is 0 Å². The van der Waals surface area contributed by atoms with E-state index in [0.29, 0.717) is 5.54 Å². The van der Waals surface area contributed by atoms with Crippen LogP contribution in [0.3, 0.4) is 0 Å². The highest BCUT2D eigenvalue weighted by molar-refractivity contribution is 4.94. The molecule has 1 saturated carbocycles. The molecule has 1 rings (SSSR count). The first kappa shape index (κ1) is 13.0. The van der Waals surface area contributed by atoms with Gasteiger partial charge in [-0.05, 0) is 39.4 Å². The molecule has 90 valence electrons. The summed E-state index contributed by atoms with van der Waals surface area (Å²) in [6.45, 7) is 6.93. The molecule has 2 heteroatoms. The quantitative estimate of drug-likeness (QED) is 0.728. The van der Waals surface area contributed by atoms with Crippen molar-refractivity contribution in [1.29, 1.82) is 0 Å². The van der Waals surface area contributed by atoms with Crippen molar-refractivity contribution in [2.45, 2.75) is 51.5 Å². The Morgan fingerprint density at radius 1 is 1.27 bits per heavy atom. The van der Waals surface area contributed by atoms with E-state index in [9.17, 15) is 0 Å². The highest BCUT2D eigenvalue weighted by Crippen LogP contribution is 2.33. The van der Waals surface area contributed by atoms with Gasteiger partial charge < -0.3 is 10.2 Å². The van der Waals surface area contributed by atoms with Gasteiger partial charge >= 0.3 is 0 Å². The zero-order valence-corrected chi connectivity index (χ0v) is 11.0. The minimum atomic E-state index is 0.452. The monoisotopic (exact) mass is 212 g/mol. The summed E-state index contributed by atoms with van der Waals surface area (Å²) in [6.07, 6.45) is 6.83. The Bertz CT molecular complexity index is 171. The molecule has 0 aromatic rings. The Balaban J connectivity index is 2.33. The largest absolute Gasteiger partial charge is 0.315 e. The Kier molecular flexibility index (Phi) is 5.07. The Labute approximate surface area is 95.4 Å². The summed E-state index contributed by atoms with van der Waals surface area (Å²) in [5.41, 5.74) is 0.452. The maximum atomic E-state index is 3.66. The number of nitrogens with zero attached hydrogens (tertiary/aromatic N) is 1. The van der Waals surface area contributed by atoms with E-state index in [2.05, 4.69) is 38.2 Å². The number of likely N-dealkylation sites (N-methyl/N-ethyl adjacent to an activating group) is 1. The normalized spacial score (nSPS) is 22.2. The summed E-state index contributed by atoms with van der Waals surface area (Å²) < 4.78 is 0. The third-order valence-electron chi connectivity index (χ3n) is 4.13. The third kappa shape index (κ3) is 3.46. The van der Waals surface area contributed by atoms with Crippen LogP contribution in [0.25, 0.3) is 0 Å². The molecular formula is C13H28N2. The molecule has 1 unspecified atom stereocenters. The molecule has 0 aliphatic heterocycles. The molecule has 15 heavy (non-hydrogen) atoms. The molecule has 0 bridgehead atoms. The second-order valence-electron chi connectivity index (χ2n) is 5.47. The van der Waals surface area contributed by atoms with E-state index in [0.717, 1.165) is 5.92 Å². The van der Waals surface area contributed by atoms with Gasteiger partial charge in [0.05, 0.1) is 0 Å². The number of hydrogen-bond acceptors (Lipinski definition) is 2. The van der Waals surface area contributed by atoms with E-state index in [1.165, 1.54) is 45.2 Å². The van der Waals surface area contributed by atoms with Gasteiger partial charge in [0.1, 0.15) is 0 Å². The molecule has 1 aliphatic rings. The van der Waals surface area contributed by atoms with Crippen LogP contribution in [-0.2, 0) is 0 Å². The van der Waals surface area contributed by atoms with Crippen LogP contribution in [0.15, 0.2) is 0 Å². The van der Waals surface area contributed by atoms with Crippen molar-refractivity contribution in [2.75, 3.05) is 27.2 Å². The van der Waals surface area contributed by atoms with Crippen molar-refractivity contribution in [3.05, 3.63) is 0 Å². The first-order valence-corrected chi connectivity index (χ1v) is 6.49. The lowest BCUT2D eigenvalue weighted by atomic mass is 9.95. The summed E-state index contributed by atoms with van der Waals surface area (Å²) in [7, 11) is 4.46. The van der Waals surface area contributed by atoms with Crippen molar-refractivity contribution in [1.82, 2.24) is 10.2 Å². The molecule has 1 atom stereocenters. The molecule has 1 aliphatic carbocycles. The maximum Gasteiger partial charge on any atom is 0.0327 e. The van der Waals surface area contributed by atoms with Gasteiger partial charge in [0, 0.05) is 12.1 Å². The van der Waals surface area contributed by atoms with Crippen molar-refractivity contribution < 1.29 is 0 Å². The van der Waals surface area contributed by atoms with Gasteiger partial charge in [-0.3, -0.25) is 0 Å². The minimum Gasteiger partial charge on any atom is -0.315 e. The minimum absolute atomic E-state index is 0.452. The highest BCUT2D eigenvalue weighted by atomic mass is 15.2. The smallest absolute Gasteiger partial charge is 0.0327 e. The molecule has 0 saturated heterocycles. The van der Waals surface area contributed by atoms with E-state index < -0.39 is 0 Å². The van der Waals surface area contributed by atoms with E-state index in [1.54, 1.807) is 0 Å². The zero-order chi connectivity index (χ0) is 11.3. The topological polar surface area (TPSA) is 15.3 Å². The zero-order valence-electron chi connectivity index (χ0n) is 11.0. The summed E-state index contributed by atoms with van der Waals surface area (Å²) in [5, 5.41) is 3.66. The summed E-state index contributed by atoms with van der Waals surface area (Å²) in [5.74, 6) is 0.811. The SMILES string of the molecule is CCC(C)CNCC1(N(C)C)CCCC1. The van der Waals surface area contributed by atoms with Crippen LogP contribution >= 0.6 is 0 Å². The van der Waals surface area contributed by atoms with E-state index >= 15 is 0 Å². The van der Waals surface area contributed by atoms with Gasteiger partial charge in [0.2, 0.25) is 0 Å². The van der Waals surface area contributed by atoms with Crippen LogP contribution in [0.4, 0.5) is 0 Å². The van der Waals surface area contributed by atoms with Gasteiger partial charge in [-0.2, -0.15) is 0 Å². The lowest BCUT2D eigenvalue weighted by Crippen LogP contribution is -2.50. The van der Waals surface area contributed by atoms with Crippen molar-refractivity contribution in [3.63, 3.8) is 0 Å². The van der Waals surface area contributed by atoms with Gasteiger partial charge in [-0.25, -0.2) is 0 Å². The van der Waals surface area contributed by atoms with Crippen LogP contribution in [-0.4, -0.2) is 37.6 Å². The summed E-state index contributed by atoms with van der Waals surface area (Å²) >= 11 is 0. The van der Waals surface area contributed by atoms with Crippen molar-refractivity contribution >= 4 is 0 Å². The average Bonchev–Trinajstić information content (AvgIpc) is 2.67. The first-order chi connectivity index (χ1) is 7.10. The number of hydrogen-bond donors (Lipinski definition) is 1. The fourth-order valence-corrected chi connectivity index (χ4v) is 2.51. The second kappa shape index (κ2) is 5.86. The standard InChI is InChI=1S/C13H28N2/c1-5-12(2)10-14-11-13(15(3)4)8-6-7-9-13/h12,14H,5-11H2,1-4H3. The van der Waals surface area contributed by atoms with Crippen LogP contribution in [0, 0.1) is 5.92 Å². The summed E-state index contributed by atoms with van der Waals surface area (Å²) in [6, 6.07) is 0. The lowest BCUT2D eigenvalue weighted by Gasteiger charge is -2.37. The van der Waals surface area contributed by atoms with E-state index in [4.69, 9.17) is 0 Å². The number of rotatable bonds is 6. The molecule has 2 nitrogen and oxygen atoms in total. The lowest BCUT2D eigenvalue weighted by molar-refractivity contribution is 0.152. The predicted molar refractivity (Wildman–Crippen MR) is 67.2 cm³/mol. The molecule has 0 spiro atoms. The van der Waals surface area contributed by atoms with Gasteiger partial charge in [-0.1, -0.05) is 33.1 Å². The van der Waals surface area contributed by atoms with Crippen LogP contribution in [0.5, 0.6) is 0 Å². The van der Waals surface area contributed by atoms with E-state index in [-0.39, 0.29) is 0 Å². The van der Waals surface area contributed by atoms with Gasteiger partial charge in [-0.15, -0.1) is 0 Å². The van der Waals surface area contributed by atoms with E-state index in [1.807, 2.05) is 0 Å². The molecule has 0 radical (unpaired) electrons. The molecule has 0 heterocycles. The third-order valence-corrected chi connectivity index (χ3v) is 4.13. The second-order valence-corrected chi connectivity index (χ2v) is 5.47. The van der Waals surface area contributed by atoms with Crippen LogP contribution in [0.1, 0.15) is 46.0 Å². The molecule has 0 amide bonds. The molecule has 1 fully saturated rings. The average molecular weight is 212 g/mol. The molecule has 0 aromatic carbocycles. The predicted octanol–water partition coefficient (Wildman–Crippen LogP) is 2.50. The molecular weight excluding hydrogens is 184 g/mol. The fraction of sp³-hybridized carbons (Fsp3) is 1.00. The summed E-state index contributed by atoms with van der Waals surface area (Å²) in [4.78, 5) is 2.43. The van der Waals surface area contributed by atoms with Crippen LogP contribution < -0.4 is 5.32 Å². The van der Waals surface area contributed by atoms with Crippen molar-refractivity contribution in [2.24, 2.45) is 5.92 Å². The van der Waals surface area contributed by atoms with Gasteiger partial charge in [0.15, 0.2) is 0 Å². The highest BCUT2D eigenvalue weighted by Gasteiger charge is 2.35. The molecule has 1 N–H and O–H groups in total. The number of nitrogens with one attached hydrogen (secondary N) is 1. The van der Waals surface area contributed by atoms with Crippen molar-refractivity contribution in [3.8, 4) is 0 Å². The fourth-order valence-electron chi connectivity index (χ4n) is 2.51. The maximum absolute atomic E-state index is 3.66. The molecule has 0 aromatic heterocycles. The Hall–Kier alpha value is -0.0800. The van der Waals surface area contributed by atoms with Gasteiger partial charge in [0.25, 0.3) is 0 Å². The first-order valence-electron chi connectivity index (χ1n) is 6.49. The Morgan fingerprint density at radius 3 is 2.33 bits per heavy atom. The Morgan fingerprint density at radius 2 is 1.87 bits per heavy atom.